The first-order chi connectivity index (χ1) is 6.43. The van der Waals surface area contributed by atoms with Crippen molar-refractivity contribution in [2.45, 2.75) is 46.5 Å². The molecule has 78 valence electrons. The van der Waals surface area contributed by atoms with Gasteiger partial charge in [-0.3, -0.25) is 0 Å². The molecule has 0 amide bonds. The third kappa shape index (κ3) is 2.30. The highest BCUT2D eigenvalue weighted by Crippen LogP contribution is 2.29. The van der Waals surface area contributed by atoms with Crippen LogP contribution < -0.4 is 0 Å². The van der Waals surface area contributed by atoms with Gasteiger partial charge in [-0.15, -0.1) is 0 Å². The van der Waals surface area contributed by atoms with E-state index in [1.165, 1.54) is 16.7 Å². The number of hydrogen-bond donors (Lipinski definition) is 0. The van der Waals surface area contributed by atoms with E-state index in [1.54, 1.807) is 0 Å². The normalized spacial score (nSPS) is 11.4. The molecule has 0 nitrogen and oxygen atoms in total. The van der Waals surface area contributed by atoms with Crippen LogP contribution in [-0.4, -0.2) is 0 Å². The fourth-order valence-electron chi connectivity index (χ4n) is 1.65. The largest absolute Gasteiger partial charge is 0.0840 e. The molecule has 0 bridgehead atoms. The Morgan fingerprint density at radius 3 is 2.00 bits per heavy atom. The Morgan fingerprint density at radius 2 is 1.57 bits per heavy atom. The van der Waals surface area contributed by atoms with Gasteiger partial charge in [0.05, 0.1) is 0 Å². The zero-order chi connectivity index (χ0) is 10.9. The summed E-state index contributed by atoms with van der Waals surface area (Å²) >= 11 is 6.21. The van der Waals surface area contributed by atoms with Gasteiger partial charge >= 0.3 is 0 Å². The number of rotatable bonds is 2. The molecule has 0 aliphatic rings. The molecule has 0 aliphatic heterocycles. The van der Waals surface area contributed by atoms with Crippen LogP contribution >= 0.6 is 11.6 Å². The molecule has 0 N–H and O–H groups in total. The molecule has 0 radical (unpaired) electrons. The maximum Gasteiger partial charge on any atom is 0.0440 e. The summed E-state index contributed by atoms with van der Waals surface area (Å²) in [5, 5.41) is 0.903. The van der Waals surface area contributed by atoms with Crippen molar-refractivity contribution in [2.75, 3.05) is 0 Å². The van der Waals surface area contributed by atoms with E-state index in [-0.39, 0.29) is 0 Å². The van der Waals surface area contributed by atoms with Gasteiger partial charge in [0.1, 0.15) is 0 Å². The molecule has 0 aromatic heterocycles. The summed E-state index contributed by atoms with van der Waals surface area (Å²) in [5.41, 5.74) is 3.94. The van der Waals surface area contributed by atoms with Crippen LogP contribution in [0.4, 0.5) is 0 Å². The average molecular weight is 211 g/mol. The molecule has 0 spiro atoms. The molecular formula is C13H19Cl. The summed E-state index contributed by atoms with van der Waals surface area (Å²) in [6.07, 6.45) is 0. The van der Waals surface area contributed by atoms with Gasteiger partial charge in [-0.25, -0.2) is 0 Å². The minimum atomic E-state index is 0.547. The Balaban J connectivity index is 3.28. The van der Waals surface area contributed by atoms with Crippen LogP contribution in [0, 0.1) is 6.92 Å². The van der Waals surface area contributed by atoms with Crippen molar-refractivity contribution in [3.05, 3.63) is 33.8 Å². The second-order valence-electron chi connectivity index (χ2n) is 4.53. The fraction of sp³-hybridized carbons (Fsp3) is 0.538. The lowest BCUT2D eigenvalue weighted by atomic mass is 9.92. The van der Waals surface area contributed by atoms with Crippen molar-refractivity contribution in [3.63, 3.8) is 0 Å². The molecule has 1 aromatic rings. The summed E-state index contributed by atoms with van der Waals surface area (Å²) in [5.74, 6) is 1.09. The van der Waals surface area contributed by atoms with Crippen LogP contribution in [0.1, 0.15) is 56.2 Å². The van der Waals surface area contributed by atoms with Crippen molar-refractivity contribution < 1.29 is 0 Å². The molecule has 14 heavy (non-hydrogen) atoms. The first-order valence-corrected chi connectivity index (χ1v) is 5.61. The maximum absolute atomic E-state index is 6.21. The minimum Gasteiger partial charge on any atom is -0.0840 e. The average Bonchev–Trinajstić information content (AvgIpc) is 2.08. The molecular weight excluding hydrogens is 192 g/mol. The Morgan fingerprint density at radius 1 is 1.00 bits per heavy atom. The van der Waals surface area contributed by atoms with E-state index in [1.807, 2.05) is 0 Å². The van der Waals surface area contributed by atoms with Crippen LogP contribution in [0.25, 0.3) is 0 Å². The molecule has 0 atom stereocenters. The van der Waals surface area contributed by atoms with Crippen LogP contribution in [0.15, 0.2) is 12.1 Å². The van der Waals surface area contributed by atoms with Crippen LogP contribution in [0.2, 0.25) is 5.02 Å². The fourth-order valence-corrected chi connectivity index (χ4v) is 1.89. The van der Waals surface area contributed by atoms with Crippen molar-refractivity contribution in [1.82, 2.24) is 0 Å². The van der Waals surface area contributed by atoms with E-state index >= 15 is 0 Å². The third-order valence-electron chi connectivity index (χ3n) is 2.70. The zero-order valence-corrected chi connectivity index (χ0v) is 10.4. The summed E-state index contributed by atoms with van der Waals surface area (Å²) in [6, 6.07) is 4.38. The highest BCUT2D eigenvalue weighted by molar-refractivity contribution is 6.31. The second kappa shape index (κ2) is 4.35. The molecule has 1 aromatic carbocycles. The van der Waals surface area contributed by atoms with Gasteiger partial charge in [-0.1, -0.05) is 45.4 Å². The molecule has 0 aliphatic carbocycles. The predicted octanol–water partition coefficient (Wildman–Crippen LogP) is 4.90. The first kappa shape index (κ1) is 11.6. The Hall–Kier alpha value is -0.490. The summed E-state index contributed by atoms with van der Waals surface area (Å²) in [7, 11) is 0. The van der Waals surface area contributed by atoms with E-state index in [0.29, 0.717) is 11.8 Å². The van der Waals surface area contributed by atoms with E-state index in [0.717, 1.165) is 5.02 Å². The molecule has 0 fully saturated rings. The topological polar surface area (TPSA) is 0 Å². The van der Waals surface area contributed by atoms with Crippen LogP contribution in [-0.2, 0) is 0 Å². The lowest BCUT2D eigenvalue weighted by molar-refractivity contribution is 0.827. The summed E-state index contributed by atoms with van der Waals surface area (Å²) in [4.78, 5) is 0. The van der Waals surface area contributed by atoms with Gasteiger partial charge in [0.2, 0.25) is 0 Å². The molecule has 0 saturated heterocycles. The van der Waals surface area contributed by atoms with Crippen LogP contribution in [0.5, 0.6) is 0 Å². The van der Waals surface area contributed by atoms with Gasteiger partial charge < -0.3 is 0 Å². The molecule has 0 unspecified atom stereocenters. The van der Waals surface area contributed by atoms with Gasteiger partial charge in [0.15, 0.2) is 0 Å². The van der Waals surface area contributed by atoms with E-state index in [2.05, 4.69) is 46.8 Å². The second-order valence-corrected chi connectivity index (χ2v) is 4.93. The highest BCUT2D eigenvalue weighted by Gasteiger charge is 2.10. The molecule has 0 heterocycles. The quantitative estimate of drug-likeness (QED) is 0.652. The summed E-state index contributed by atoms with van der Waals surface area (Å²) < 4.78 is 0. The van der Waals surface area contributed by atoms with Crippen molar-refractivity contribution in [1.29, 1.82) is 0 Å². The van der Waals surface area contributed by atoms with Crippen LogP contribution in [0.3, 0.4) is 0 Å². The maximum atomic E-state index is 6.21. The lowest BCUT2D eigenvalue weighted by Crippen LogP contribution is -1.97. The van der Waals surface area contributed by atoms with E-state index < -0.39 is 0 Å². The molecule has 1 heteroatoms. The molecule has 1 rings (SSSR count). The minimum absolute atomic E-state index is 0.547. The van der Waals surface area contributed by atoms with E-state index in [4.69, 9.17) is 11.6 Å². The molecule has 0 saturated carbocycles. The highest BCUT2D eigenvalue weighted by atomic mass is 35.5. The Bertz CT molecular complexity index is 324. The van der Waals surface area contributed by atoms with Crippen molar-refractivity contribution in [2.24, 2.45) is 0 Å². The smallest absolute Gasteiger partial charge is 0.0440 e. The number of hydrogen-bond acceptors (Lipinski definition) is 0. The number of benzene rings is 1. The van der Waals surface area contributed by atoms with Crippen molar-refractivity contribution >= 4 is 11.6 Å². The Labute approximate surface area is 92.3 Å². The van der Waals surface area contributed by atoms with Crippen molar-refractivity contribution in [3.8, 4) is 0 Å². The lowest BCUT2D eigenvalue weighted by Gasteiger charge is -2.15. The van der Waals surface area contributed by atoms with Gasteiger partial charge in [0, 0.05) is 5.02 Å². The zero-order valence-electron chi connectivity index (χ0n) is 9.69. The van der Waals surface area contributed by atoms with Gasteiger partial charge in [0.25, 0.3) is 0 Å². The van der Waals surface area contributed by atoms with Gasteiger partial charge in [-0.2, -0.15) is 0 Å². The summed E-state index contributed by atoms with van der Waals surface area (Å²) in [6.45, 7) is 10.9. The van der Waals surface area contributed by atoms with Gasteiger partial charge in [-0.05, 0) is 41.5 Å². The standard InChI is InChI=1S/C13H19Cl/c1-8(2)11-6-12(9(3)4)10(5)13(14)7-11/h6-9H,1-5H3. The Kier molecular flexibility index (Phi) is 3.60. The predicted molar refractivity (Wildman–Crippen MR) is 64.4 cm³/mol. The third-order valence-corrected chi connectivity index (χ3v) is 3.09. The van der Waals surface area contributed by atoms with E-state index in [9.17, 15) is 0 Å². The monoisotopic (exact) mass is 210 g/mol. The first-order valence-electron chi connectivity index (χ1n) is 5.23. The SMILES string of the molecule is Cc1c(Cl)cc(C(C)C)cc1C(C)C. The number of halogens is 1.